The van der Waals surface area contributed by atoms with Crippen LogP contribution < -0.4 is 10.5 Å². The molecule has 0 heterocycles. The zero-order valence-corrected chi connectivity index (χ0v) is 14.5. The van der Waals surface area contributed by atoms with E-state index in [1.165, 1.54) is 0 Å². The summed E-state index contributed by atoms with van der Waals surface area (Å²) in [6.07, 6.45) is 3.90. The molecule has 0 atom stereocenters. The van der Waals surface area contributed by atoms with Gasteiger partial charge in [-0.3, -0.25) is 0 Å². The molecule has 4 heteroatoms. The van der Waals surface area contributed by atoms with Gasteiger partial charge in [0.05, 0.1) is 12.7 Å². The zero-order chi connectivity index (χ0) is 17.7. The molecule has 0 radical (unpaired) electrons. The quantitative estimate of drug-likeness (QED) is 0.514. The van der Waals surface area contributed by atoms with Crippen molar-refractivity contribution in [3.05, 3.63) is 59.2 Å². The molecule has 2 N–H and O–H groups in total. The van der Waals surface area contributed by atoms with E-state index >= 15 is 0 Å². The highest BCUT2D eigenvalue weighted by atomic mass is 16.6. The smallest absolute Gasteiger partial charge is 0.340 e. The molecule has 2 aromatic carbocycles. The Balaban J connectivity index is 2.17. The van der Waals surface area contributed by atoms with E-state index in [4.69, 9.17) is 15.2 Å². The molecule has 2 rings (SSSR count). The molecule has 0 spiro atoms. The number of hydrogen-bond donors (Lipinski definition) is 1. The number of nitrogens with two attached hydrogens (primary N) is 1. The average Bonchev–Trinajstić information content (AvgIpc) is 2.51. The fourth-order valence-corrected chi connectivity index (χ4v) is 2.14. The van der Waals surface area contributed by atoms with Gasteiger partial charge in [-0.1, -0.05) is 30.4 Å². The summed E-state index contributed by atoms with van der Waals surface area (Å²) in [4.78, 5) is 12.1. The lowest BCUT2D eigenvalue weighted by atomic mass is 10.1. The lowest BCUT2D eigenvalue weighted by Gasteiger charge is -2.20. The molecule has 24 heavy (non-hydrogen) atoms. The molecular formula is C20H23NO3. The number of benzene rings is 2. The first-order valence-corrected chi connectivity index (χ1v) is 7.73. The largest absolute Gasteiger partial charge is 0.497 e. The minimum absolute atomic E-state index is 0.378. The first kappa shape index (κ1) is 17.6. The lowest BCUT2D eigenvalue weighted by Crippen LogP contribution is -2.24. The summed E-state index contributed by atoms with van der Waals surface area (Å²) in [5, 5.41) is 0. The average molecular weight is 325 g/mol. The van der Waals surface area contributed by atoms with Gasteiger partial charge in [-0.15, -0.1) is 0 Å². The lowest BCUT2D eigenvalue weighted by molar-refractivity contribution is 0.00708. The minimum atomic E-state index is -0.547. The van der Waals surface area contributed by atoms with Crippen molar-refractivity contribution in [1.29, 1.82) is 0 Å². The van der Waals surface area contributed by atoms with Crippen LogP contribution in [-0.2, 0) is 4.74 Å². The molecule has 126 valence electrons. The number of carbonyl (C=O) groups excluding carboxylic acids is 1. The monoisotopic (exact) mass is 325 g/mol. The van der Waals surface area contributed by atoms with Crippen LogP contribution in [0.15, 0.2) is 42.5 Å². The highest BCUT2D eigenvalue weighted by molar-refractivity contribution is 5.96. The van der Waals surface area contributed by atoms with E-state index in [9.17, 15) is 4.79 Å². The Labute approximate surface area is 142 Å². The van der Waals surface area contributed by atoms with Gasteiger partial charge in [-0.05, 0) is 56.2 Å². The molecular weight excluding hydrogens is 302 g/mol. The van der Waals surface area contributed by atoms with Crippen LogP contribution in [-0.4, -0.2) is 18.7 Å². The third-order valence-corrected chi connectivity index (χ3v) is 3.26. The van der Waals surface area contributed by atoms with E-state index in [0.29, 0.717) is 11.3 Å². The molecule has 0 saturated carbocycles. The van der Waals surface area contributed by atoms with E-state index < -0.39 is 11.6 Å². The summed E-state index contributed by atoms with van der Waals surface area (Å²) < 4.78 is 10.6. The minimum Gasteiger partial charge on any atom is -0.497 e. The van der Waals surface area contributed by atoms with Crippen molar-refractivity contribution in [2.45, 2.75) is 26.4 Å². The molecule has 0 aromatic heterocycles. The second-order valence-electron chi connectivity index (χ2n) is 6.46. The van der Waals surface area contributed by atoms with Crippen LogP contribution in [0.2, 0.25) is 0 Å². The zero-order valence-electron chi connectivity index (χ0n) is 14.5. The molecule has 0 aliphatic heterocycles. The van der Waals surface area contributed by atoms with Crippen molar-refractivity contribution in [2.75, 3.05) is 12.8 Å². The van der Waals surface area contributed by atoms with Crippen LogP contribution in [0.25, 0.3) is 12.2 Å². The maximum Gasteiger partial charge on any atom is 0.340 e. The van der Waals surface area contributed by atoms with Crippen LogP contribution in [0.4, 0.5) is 5.69 Å². The third kappa shape index (κ3) is 4.88. The van der Waals surface area contributed by atoms with Gasteiger partial charge in [0.1, 0.15) is 11.4 Å². The summed E-state index contributed by atoms with van der Waals surface area (Å²) in [7, 11) is 1.64. The van der Waals surface area contributed by atoms with Crippen molar-refractivity contribution < 1.29 is 14.3 Å². The first-order valence-electron chi connectivity index (χ1n) is 7.73. The Morgan fingerprint density at radius 1 is 1.04 bits per heavy atom. The van der Waals surface area contributed by atoms with Crippen LogP contribution in [0, 0.1) is 0 Å². The molecule has 4 nitrogen and oxygen atoms in total. The molecule has 0 aliphatic rings. The number of carbonyl (C=O) groups is 1. The number of esters is 1. The van der Waals surface area contributed by atoms with Gasteiger partial charge in [0.15, 0.2) is 0 Å². The highest BCUT2D eigenvalue weighted by Gasteiger charge is 2.19. The second-order valence-corrected chi connectivity index (χ2v) is 6.46. The Morgan fingerprint density at radius 3 is 2.29 bits per heavy atom. The molecule has 0 unspecified atom stereocenters. The Hall–Kier alpha value is -2.75. The van der Waals surface area contributed by atoms with Crippen molar-refractivity contribution in [2.24, 2.45) is 0 Å². The first-order chi connectivity index (χ1) is 11.3. The summed E-state index contributed by atoms with van der Waals surface area (Å²) >= 11 is 0. The van der Waals surface area contributed by atoms with E-state index in [1.807, 2.05) is 63.3 Å². The molecule has 0 aliphatic carbocycles. The van der Waals surface area contributed by atoms with Crippen LogP contribution in [0.3, 0.4) is 0 Å². The maximum absolute atomic E-state index is 12.1. The Morgan fingerprint density at radius 2 is 1.71 bits per heavy atom. The number of nitrogen functional groups attached to an aromatic ring is 1. The predicted octanol–water partition coefficient (Wildman–Crippen LogP) is 4.40. The van der Waals surface area contributed by atoms with Gasteiger partial charge < -0.3 is 15.2 Å². The topological polar surface area (TPSA) is 61.5 Å². The second kappa shape index (κ2) is 7.21. The number of rotatable bonds is 4. The van der Waals surface area contributed by atoms with E-state index in [1.54, 1.807) is 19.2 Å². The van der Waals surface area contributed by atoms with E-state index in [0.717, 1.165) is 16.9 Å². The summed E-state index contributed by atoms with van der Waals surface area (Å²) in [6.45, 7) is 5.48. The van der Waals surface area contributed by atoms with Gasteiger partial charge >= 0.3 is 5.97 Å². The van der Waals surface area contributed by atoms with Crippen molar-refractivity contribution >= 4 is 23.8 Å². The van der Waals surface area contributed by atoms with E-state index in [2.05, 4.69) is 0 Å². The summed E-state index contributed by atoms with van der Waals surface area (Å²) in [5.74, 6) is 0.389. The van der Waals surface area contributed by atoms with Crippen LogP contribution >= 0.6 is 0 Å². The van der Waals surface area contributed by atoms with Gasteiger partial charge in [-0.25, -0.2) is 4.79 Å². The number of anilines is 1. The van der Waals surface area contributed by atoms with Crippen molar-refractivity contribution in [1.82, 2.24) is 0 Å². The Bertz CT molecular complexity index is 758. The SMILES string of the molecule is COc1cccc(C=Cc2ccc(C(=O)OC(C)(C)C)c(N)c2)c1. The predicted molar refractivity (Wildman–Crippen MR) is 97.9 cm³/mol. The molecule has 0 bridgehead atoms. The summed E-state index contributed by atoms with van der Waals surface area (Å²) in [6, 6.07) is 13.0. The Kier molecular flexibility index (Phi) is 5.29. The molecule has 0 amide bonds. The third-order valence-electron chi connectivity index (χ3n) is 3.26. The van der Waals surface area contributed by atoms with Gasteiger partial charge in [-0.2, -0.15) is 0 Å². The fourth-order valence-electron chi connectivity index (χ4n) is 2.14. The van der Waals surface area contributed by atoms with Gasteiger partial charge in [0.2, 0.25) is 0 Å². The molecule has 2 aromatic rings. The van der Waals surface area contributed by atoms with Crippen LogP contribution in [0.1, 0.15) is 42.3 Å². The molecule has 0 saturated heterocycles. The summed E-state index contributed by atoms with van der Waals surface area (Å²) in [5.41, 5.74) is 8.16. The normalized spacial score (nSPS) is 11.5. The van der Waals surface area contributed by atoms with Gasteiger partial charge in [0.25, 0.3) is 0 Å². The van der Waals surface area contributed by atoms with E-state index in [-0.39, 0.29) is 0 Å². The standard InChI is InChI=1S/C20H23NO3/c1-20(2,3)24-19(22)17-11-10-15(13-18(17)21)9-8-14-6-5-7-16(12-14)23-4/h5-13H,21H2,1-4H3. The molecule has 0 fully saturated rings. The number of methoxy groups -OCH3 is 1. The maximum atomic E-state index is 12.1. The van der Waals surface area contributed by atoms with Crippen LogP contribution in [0.5, 0.6) is 5.75 Å². The van der Waals surface area contributed by atoms with Crippen molar-refractivity contribution in [3.8, 4) is 5.75 Å². The number of hydrogen-bond acceptors (Lipinski definition) is 4. The fraction of sp³-hybridized carbons (Fsp3) is 0.250. The van der Waals surface area contributed by atoms with Gasteiger partial charge in [0, 0.05) is 5.69 Å². The highest BCUT2D eigenvalue weighted by Crippen LogP contribution is 2.21. The van der Waals surface area contributed by atoms with Crippen molar-refractivity contribution in [3.63, 3.8) is 0 Å². The number of ether oxygens (including phenoxy) is 2.